The lowest BCUT2D eigenvalue weighted by atomic mass is 10.4. The van der Waals surface area contributed by atoms with Crippen LogP contribution in [0.4, 0.5) is 0 Å². The number of hydrogen-bond acceptors (Lipinski definition) is 6. The number of thiophene rings is 1. The van der Waals surface area contributed by atoms with E-state index in [1.165, 1.54) is 11.3 Å². The quantitative estimate of drug-likeness (QED) is 0.766. The number of aryl methyl sites for hydroxylation is 2. The highest BCUT2D eigenvalue weighted by atomic mass is 32.1. The standard InChI is InChI=1S/C10H10N2O3S/c1-6-3-4-8(16-6)10(13)14-5-9-11-7(2)15-12-9/h3-4H,5H2,1-2H3. The van der Waals surface area contributed by atoms with E-state index < -0.39 is 0 Å². The van der Waals surface area contributed by atoms with Crippen LogP contribution >= 0.6 is 11.3 Å². The highest BCUT2D eigenvalue weighted by molar-refractivity contribution is 7.13. The molecule has 0 aliphatic rings. The van der Waals surface area contributed by atoms with Crippen LogP contribution in [-0.4, -0.2) is 16.1 Å². The van der Waals surface area contributed by atoms with Crippen molar-refractivity contribution in [3.63, 3.8) is 0 Å². The summed E-state index contributed by atoms with van der Waals surface area (Å²) in [6, 6.07) is 3.61. The minimum atomic E-state index is -0.361. The molecule has 0 saturated heterocycles. The molecule has 84 valence electrons. The van der Waals surface area contributed by atoms with Crippen LogP contribution < -0.4 is 0 Å². The zero-order chi connectivity index (χ0) is 11.5. The molecule has 2 aromatic heterocycles. The van der Waals surface area contributed by atoms with E-state index in [-0.39, 0.29) is 12.6 Å². The predicted octanol–water partition coefficient (Wildman–Crippen LogP) is 2.10. The molecule has 0 aliphatic heterocycles. The largest absolute Gasteiger partial charge is 0.453 e. The molecule has 0 aliphatic carbocycles. The predicted molar refractivity (Wildman–Crippen MR) is 57.2 cm³/mol. The number of rotatable bonds is 3. The number of esters is 1. The summed E-state index contributed by atoms with van der Waals surface area (Å²) in [7, 11) is 0. The molecule has 0 N–H and O–H groups in total. The fourth-order valence-electron chi connectivity index (χ4n) is 1.15. The molecule has 0 fully saturated rings. The zero-order valence-electron chi connectivity index (χ0n) is 8.89. The third kappa shape index (κ3) is 2.46. The van der Waals surface area contributed by atoms with E-state index in [9.17, 15) is 4.79 Å². The zero-order valence-corrected chi connectivity index (χ0v) is 9.71. The number of carbonyl (C=O) groups excluding carboxylic acids is 1. The van der Waals surface area contributed by atoms with Crippen LogP contribution in [0, 0.1) is 13.8 Å². The summed E-state index contributed by atoms with van der Waals surface area (Å²) in [5.41, 5.74) is 0. The molecule has 0 amide bonds. The van der Waals surface area contributed by atoms with E-state index in [1.54, 1.807) is 13.0 Å². The first-order valence-electron chi connectivity index (χ1n) is 4.68. The van der Waals surface area contributed by atoms with Gasteiger partial charge in [0.05, 0.1) is 0 Å². The van der Waals surface area contributed by atoms with E-state index in [0.29, 0.717) is 16.6 Å². The second-order valence-electron chi connectivity index (χ2n) is 3.22. The SMILES string of the molecule is Cc1nc(COC(=O)c2ccc(C)s2)no1. The molecular weight excluding hydrogens is 228 g/mol. The van der Waals surface area contributed by atoms with Gasteiger partial charge < -0.3 is 9.26 Å². The van der Waals surface area contributed by atoms with Crippen LogP contribution in [0.2, 0.25) is 0 Å². The van der Waals surface area contributed by atoms with Crippen LogP contribution in [0.1, 0.15) is 26.3 Å². The fraction of sp³-hybridized carbons (Fsp3) is 0.300. The van der Waals surface area contributed by atoms with Gasteiger partial charge in [0, 0.05) is 11.8 Å². The summed E-state index contributed by atoms with van der Waals surface area (Å²) in [4.78, 5) is 17.1. The summed E-state index contributed by atoms with van der Waals surface area (Å²) in [5, 5.41) is 3.63. The molecule has 0 bridgehead atoms. The van der Waals surface area contributed by atoms with Crippen LogP contribution in [0.25, 0.3) is 0 Å². The van der Waals surface area contributed by atoms with Crippen molar-refractivity contribution in [1.82, 2.24) is 10.1 Å². The van der Waals surface area contributed by atoms with Crippen molar-refractivity contribution in [3.8, 4) is 0 Å². The molecule has 5 nitrogen and oxygen atoms in total. The van der Waals surface area contributed by atoms with Gasteiger partial charge in [0.2, 0.25) is 11.7 Å². The Morgan fingerprint density at radius 1 is 1.50 bits per heavy atom. The van der Waals surface area contributed by atoms with Crippen molar-refractivity contribution in [1.29, 1.82) is 0 Å². The maximum atomic E-state index is 11.5. The van der Waals surface area contributed by atoms with Gasteiger partial charge in [-0.3, -0.25) is 0 Å². The van der Waals surface area contributed by atoms with Gasteiger partial charge in [0.1, 0.15) is 4.88 Å². The Kier molecular flexibility index (Phi) is 3.00. The molecule has 0 spiro atoms. The Morgan fingerprint density at radius 2 is 2.31 bits per heavy atom. The highest BCUT2D eigenvalue weighted by Gasteiger charge is 2.11. The lowest BCUT2D eigenvalue weighted by Gasteiger charge is -1.98. The second kappa shape index (κ2) is 4.44. The second-order valence-corrected chi connectivity index (χ2v) is 4.50. The number of carbonyl (C=O) groups is 1. The number of ether oxygens (including phenoxy) is 1. The van der Waals surface area contributed by atoms with E-state index >= 15 is 0 Å². The number of aromatic nitrogens is 2. The van der Waals surface area contributed by atoms with Crippen LogP contribution in [-0.2, 0) is 11.3 Å². The first-order chi connectivity index (χ1) is 7.65. The van der Waals surface area contributed by atoms with Crippen LogP contribution in [0.3, 0.4) is 0 Å². The molecule has 16 heavy (non-hydrogen) atoms. The molecule has 0 unspecified atom stereocenters. The molecule has 0 saturated carbocycles. The van der Waals surface area contributed by atoms with Crippen LogP contribution in [0.5, 0.6) is 0 Å². The fourth-order valence-corrected chi connectivity index (χ4v) is 1.91. The molecule has 6 heteroatoms. The Labute approximate surface area is 96.0 Å². The smallest absolute Gasteiger partial charge is 0.348 e. The lowest BCUT2D eigenvalue weighted by molar-refractivity contribution is 0.0465. The minimum absolute atomic E-state index is 0.0348. The molecular formula is C10H10N2O3S. The highest BCUT2D eigenvalue weighted by Crippen LogP contribution is 2.16. The summed E-state index contributed by atoms with van der Waals surface area (Å²) in [5.74, 6) is 0.470. The van der Waals surface area contributed by atoms with Gasteiger partial charge >= 0.3 is 5.97 Å². The third-order valence-electron chi connectivity index (χ3n) is 1.84. The van der Waals surface area contributed by atoms with E-state index in [2.05, 4.69) is 10.1 Å². The van der Waals surface area contributed by atoms with E-state index in [1.807, 2.05) is 13.0 Å². The van der Waals surface area contributed by atoms with Crippen molar-refractivity contribution in [2.45, 2.75) is 20.5 Å². The summed E-state index contributed by atoms with van der Waals surface area (Å²) in [6.45, 7) is 3.65. The number of hydrogen-bond donors (Lipinski definition) is 0. The van der Waals surface area contributed by atoms with Gasteiger partial charge in [-0.05, 0) is 19.1 Å². The van der Waals surface area contributed by atoms with Gasteiger partial charge in [0.15, 0.2) is 6.61 Å². The van der Waals surface area contributed by atoms with Gasteiger partial charge in [-0.15, -0.1) is 11.3 Å². The first-order valence-corrected chi connectivity index (χ1v) is 5.49. The van der Waals surface area contributed by atoms with Crippen molar-refractivity contribution in [3.05, 3.63) is 33.6 Å². The molecule has 2 aromatic rings. The minimum Gasteiger partial charge on any atom is -0.453 e. The molecule has 0 atom stereocenters. The number of nitrogens with zero attached hydrogens (tertiary/aromatic N) is 2. The molecule has 0 radical (unpaired) electrons. The average molecular weight is 238 g/mol. The van der Waals surface area contributed by atoms with Crippen molar-refractivity contribution >= 4 is 17.3 Å². The van der Waals surface area contributed by atoms with Gasteiger partial charge in [0.25, 0.3) is 0 Å². The maximum Gasteiger partial charge on any atom is 0.348 e. The Morgan fingerprint density at radius 3 is 2.88 bits per heavy atom. The lowest BCUT2D eigenvalue weighted by Crippen LogP contribution is -2.04. The normalized spacial score (nSPS) is 10.4. The van der Waals surface area contributed by atoms with E-state index in [0.717, 1.165) is 4.88 Å². The third-order valence-corrected chi connectivity index (χ3v) is 2.82. The molecule has 2 heterocycles. The average Bonchev–Trinajstić information content (AvgIpc) is 2.84. The van der Waals surface area contributed by atoms with E-state index in [4.69, 9.17) is 9.26 Å². The van der Waals surface area contributed by atoms with Crippen molar-refractivity contribution < 1.29 is 14.1 Å². The topological polar surface area (TPSA) is 65.2 Å². The maximum absolute atomic E-state index is 11.5. The summed E-state index contributed by atoms with van der Waals surface area (Å²) < 4.78 is 9.78. The first kappa shape index (κ1) is 10.8. The molecule has 2 rings (SSSR count). The monoisotopic (exact) mass is 238 g/mol. The van der Waals surface area contributed by atoms with Crippen LogP contribution in [0.15, 0.2) is 16.7 Å². The Hall–Kier alpha value is -1.69. The Balaban J connectivity index is 1.93. The van der Waals surface area contributed by atoms with Gasteiger partial charge in [-0.2, -0.15) is 4.98 Å². The van der Waals surface area contributed by atoms with Crippen molar-refractivity contribution in [2.24, 2.45) is 0 Å². The van der Waals surface area contributed by atoms with Gasteiger partial charge in [-0.25, -0.2) is 4.79 Å². The van der Waals surface area contributed by atoms with Crippen molar-refractivity contribution in [2.75, 3.05) is 0 Å². The summed E-state index contributed by atoms with van der Waals surface area (Å²) in [6.07, 6.45) is 0. The Bertz CT molecular complexity index is 504. The molecule has 0 aromatic carbocycles. The summed E-state index contributed by atoms with van der Waals surface area (Å²) >= 11 is 1.40. The van der Waals surface area contributed by atoms with Gasteiger partial charge in [-0.1, -0.05) is 5.16 Å².